The molecule has 0 amide bonds. The van der Waals surface area contributed by atoms with Crippen LogP contribution in [0.3, 0.4) is 0 Å². The third kappa shape index (κ3) is 4.11. The van der Waals surface area contributed by atoms with Gasteiger partial charge in [0.25, 0.3) is 10.0 Å². The summed E-state index contributed by atoms with van der Waals surface area (Å²) < 4.78 is 38.9. The Bertz CT molecular complexity index is 1210. The summed E-state index contributed by atoms with van der Waals surface area (Å²) >= 11 is 6.04. The molecule has 1 atom stereocenters. The summed E-state index contributed by atoms with van der Waals surface area (Å²) in [5, 5.41) is 5.14. The minimum absolute atomic E-state index is 0.181. The lowest BCUT2D eigenvalue weighted by molar-refractivity contribution is 0.371. The highest BCUT2D eigenvalue weighted by molar-refractivity contribution is 7.89. The van der Waals surface area contributed by atoms with Crippen molar-refractivity contribution >= 4 is 27.3 Å². The maximum Gasteiger partial charge on any atom is 0.279 e. The van der Waals surface area contributed by atoms with E-state index in [1.807, 2.05) is 18.2 Å². The third-order valence-electron chi connectivity index (χ3n) is 5.13. The molecule has 0 unspecified atom stereocenters. The van der Waals surface area contributed by atoms with Crippen LogP contribution in [0, 0.1) is 0 Å². The Morgan fingerprint density at radius 1 is 0.968 bits per heavy atom. The molecule has 31 heavy (non-hydrogen) atoms. The monoisotopic (exact) mass is 456 g/mol. The Kier molecular flexibility index (Phi) is 5.89. The minimum atomic E-state index is -3.87. The second-order valence-electron chi connectivity index (χ2n) is 6.98. The number of methoxy groups -OCH3 is 2. The minimum Gasteiger partial charge on any atom is -0.497 e. The van der Waals surface area contributed by atoms with Crippen LogP contribution in [-0.4, -0.2) is 32.8 Å². The van der Waals surface area contributed by atoms with E-state index in [4.69, 9.17) is 21.1 Å². The van der Waals surface area contributed by atoms with Crippen molar-refractivity contribution in [2.75, 3.05) is 14.2 Å². The highest BCUT2D eigenvalue weighted by Gasteiger charge is 2.38. The van der Waals surface area contributed by atoms with Crippen molar-refractivity contribution in [1.82, 2.24) is 4.41 Å². The van der Waals surface area contributed by atoms with E-state index in [-0.39, 0.29) is 4.90 Å². The van der Waals surface area contributed by atoms with Crippen LogP contribution in [-0.2, 0) is 10.0 Å². The molecule has 160 valence electrons. The predicted molar refractivity (Wildman–Crippen MR) is 120 cm³/mol. The van der Waals surface area contributed by atoms with E-state index < -0.39 is 16.1 Å². The topological polar surface area (TPSA) is 68.2 Å². The van der Waals surface area contributed by atoms with Gasteiger partial charge < -0.3 is 9.47 Å². The number of rotatable bonds is 6. The number of hydrazone groups is 1. The van der Waals surface area contributed by atoms with Crippen LogP contribution >= 0.6 is 11.6 Å². The average molecular weight is 457 g/mol. The van der Waals surface area contributed by atoms with Crippen molar-refractivity contribution in [2.45, 2.75) is 17.4 Å². The summed E-state index contributed by atoms with van der Waals surface area (Å²) in [6, 6.07) is 20.3. The maximum atomic E-state index is 13.5. The molecule has 0 radical (unpaired) electrons. The third-order valence-corrected chi connectivity index (χ3v) is 7.08. The molecule has 4 rings (SSSR count). The van der Waals surface area contributed by atoms with Crippen LogP contribution in [0.5, 0.6) is 11.5 Å². The molecule has 3 aromatic carbocycles. The van der Waals surface area contributed by atoms with Gasteiger partial charge in [-0.2, -0.15) is 17.9 Å². The van der Waals surface area contributed by atoms with Crippen molar-refractivity contribution in [3.05, 3.63) is 88.9 Å². The fraction of sp³-hybridized carbons (Fsp3) is 0.174. The summed E-state index contributed by atoms with van der Waals surface area (Å²) in [6.45, 7) is 0. The van der Waals surface area contributed by atoms with Gasteiger partial charge in [0.15, 0.2) is 0 Å². The lowest BCUT2D eigenvalue weighted by Crippen LogP contribution is -2.27. The molecular formula is C23H21ClN2O4S. The maximum absolute atomic E-state index is 13.5. The molecule has 0 fully saturated rings. The zero-order valence-corrected chi connectivity index (χ0v) is 18.6. The van der Waals surface area contributed by atoms with Crippen LogP contribution < -0.4 is 9.47 Å². The second-order valence-corrected chi connectivity index (χ2v) is 9.21. The molecule has 0 aromatic heterocycles. The molecule has 6 nitrogen and oxygen atoms in total. The molecule has 3 aromatic rings. The zero-order valence-electron chi connectivity index (χ0n) is 17.0. The fourth-order valence-electron chi connectivity index (χ4n) is 3.54. The number of nitrogens with zero attached hydrogens (tertiary/aromatic N) is 2. The molecule has 0 saturated heterocycles. The molecule has 0 saturated carbocycles. The first-order valence-electron chi connectivity index (χ1n) is 9.59. The van der Waals surface area contributed by atoms with Gasteiger partial charge >= 0.3 is 0 Å². The molecule has 0 spiro atoms. The van der Waals surface area contributed by atoms with Crippen LogP contribution in [0.25, 0.3) is 0 Å². The van der Waals surface area contributed by atoms with E-state index in [1.165, 1.54) is 4.41 Å². The highest BCUT2D eigenvalue weighted by atomic mass is 35.5. The van der Waals surface area contributed by atoms with Gasteiger partial charge in [-0.15, -0.1) is 0 Å². The normalized spacial score (nSPS) is 16.2. The lowest BCUT2D eigenvalue weighted by Gasteiger charge is -2.23. The van der Waals surface area contributed by atoms with E-state index in [9.17, 15) is 8.42 Å². The fourth-order valence-corrected chi connectivity index (χ4v) is 5.12. The Morgan fingerprint density at radius 3 is 2.32 bits per heavy atom. The Morgan fingerprint density at radius 2 is 1.68 bits per heavy atom. The summed E-state index contributed by atoms with van der Waals surface area (Å²) in [5.41, 5.74) is 2.13. The first kappa shape index (κ1) is 21.2. The van der Waals surface area contributed by atoms with Gasteiger partial charge in [0.05, 0.1) is 30.9 Å². The molecule has 0 bridgehead atoms. The van der Waals surface area contributed by atoms with Crippen molar-refractivity contribution in [3.8, 4) is 11.5 Å². The van der Waals surface area contributed by atoms with Crippen LogP contribution in [0.2, 0.25) is 5.02 Å². The first-order valence-corrected chi connectivity index (χ1v) is 11.4. The molecule has 0 N–H and O–H groups in total. The number of halogens is 1. The van der Waals surface area contributed by atoms with Crippen molar-refractivity contribution in [1.29, 1.82) is 0 Å². The average Bonchev–Trinajstić information content (AvgIpc) is 3.26. The molecule has 1 heterocycles. The van der Waals surface area contributed by atoms with Crippen LogP contribution in [0.1, 0.15) is 23.6 Å². The summed E-state index contributed by atoms with van der Waals surface area (Å²) in [5.74, 6) is 1.20. The Balaban J connectivity index is 1.82. The van der Waals surface area contributed by atoms with E-state index >= 15 is 0 Å². The molecular weight excluding hydrogens is 436 g/mol. The van der Waals surface area contributed by atoms with E-state index in [0.29, 0.717) is 34.2 Å². The van der Waals surface area contributed by atoms with Gasteiger partial charge in [0, 0.05) is 23.1 Å². The molecule has 0 aliphatic carbocycles. The Labute approximate surface area is 186 Å². The number of benzene rings is 3. The largest absolute Gasteiger partial charge is 0.497 e. The van der Waals surface area contributed by atoms with Gasteiger partial charge in [-0.1, -0.05) is 41.9 Å². The smallest absolute Gasteiger partial charge is 0.279 e. The molecule has 1 aliphatic heterocycles. The zero-order chi connectivity index (χ0) is 22.0. The van der Waals surface area contributed by atoms with Gasteiger partial charge in [-0.25, -0.2) is 0 Å². The van der Waals surface area contributed by atoms with E-state index in [0.717, 1.165) is 5.56 Å². The quantitative estimate of drug-likeness (QED) is 0.529. The van der Waals surface area contributed by atoms with Gasteiger partial charge in [-0.3, -0.25) is 0 Å². The summed E-state index contributed by atoms with van der Waals surface area (Å²) in [7, 11) is -0.738. The van der Waals surface area contributed by atoms with E-state index in [2.05, 4.69) is 5.10 Å². The second kappa shape index (κ2) is 8.61. The Hall–Kier alpha value is -3.03. The van der Waals surface area contributed by atoms with Gasteiger partial charge in [-0.05, 0) is 42.0 Å². The SMILES string of the molecule is COc1ccc(C2=NN(S(=O)(=O)c3ccccc3)[C@H](c3ccc(Cl)cc3)C2)c(OC)c1. The number of ether oxygens (including phenoxy) is 2. The molecule has 1 aliphatic rings. The highest BCUT2D eigenvalue weighted by Crippen LogP contribution is 2.39. The lowest BCUT2D eigenvalue weighted by atomic mass is 9.98. The van der Waals surface area contributed by atoms with Crippen LogP contribution in [0.15, 0.2) is 82.8 Å². The summed E-state index contributed by atoms with van der Waals surface area (Å²) in [4.78, 5) is 0.181. The van der Waals surface area contributed by atoms with Crippen molar-refractivity contribution in [3.63, 3.8) is 0 Å². The van der Waals surface area contributed by atoms with E-state index in [1.54, 1.807) is 68.8 Å². The standard InChI is InChI=1S/C23H21ClN2O4S/c1-29-18-12-13-20(23(14-18)30-2)21-15-22(16-8-10-17(24)11-9-16)26(25-21)31(27,28)19-6-4-3-5-7-19/h3-14,22H,15H2,1-2H3/t22-/m0/s1. The van der Waals surface area contributed by atoms with Gasteiger partial charge in [0.2, 0.25) is 0 Å². The predicted octanol–water partition coefficient (Wildman–Crippen LogP) is 4.90. The van der Waals surface area contributed by atoms with Gasteiger partial charge in [0.1, 0.15) is 11.5 Å². The number of hydrogen-bond donors (Lipinski definition) is 0. The number of hydrogen-bond acceptors (Lipinski definition) is 5. The summed E-state index contributed by atoms with van der Waals surface area (Å²) in [6.07, 6.45) is 0.385. The first-order chi connectivity index (χ1) is 14.9. The van der Waals surface area contributed by atoms with Crippen molar-refractivity contribution in [2.24, 2.45) is 5.10 Å². The number of sulfonamides is 1. The molecule has 8 heteroatoms. The van der Waals surface area contributed by atoms with Crippen molar-refractivity contribution < 1.29 is 17.9 Å². The van der Waals surface area contributed by atoms with Crippen LogP contribution in [0.4, 0.5) is 0 Å².